The fourth-order valence-corrected chi connectivity index (χ4v) is 2.93. The summed E-state index contributed by atoms with van der Waals surface area (Å²) in [6, 6.07) is 0. The molecular weight excluding hydrogens is 214 g/mol. The van der Waals surface area contributed by atoms with Gasteiger partial charge in [-0.05, 0) is 45.1 Å². The number of likely N-dealkylation sites (N-methyl/N-ethyl adjacent to an activating group) is 1. The van der Waals surface area contributed by atoms with E-state index in [1.54, 1.807) is 0 Å². The zero-order valence-corrected chi connectivity index (χ0v) is 11.6. The summed E-state index contributed by atoms with van der Waals surface area (Å²) in [5, 5.41) is 3.37. The monoisotopic (exact) mass is 241 g/mol. The first-order chi connectivity index (χ1) is 8.18. The number of esters is 1. The molecular formula is C14H27NO2. The third kappa shape index (κ3) is 3.70. The van der Waals surface area contributed by atoms with Crippen LogP contribution in [0.3, 0.4) is 0 Å². The van der Waals surface area contributed by atoms with Crippen molar-refractivity contribution in [1.29, 1.82) is 0 Å². The maximum absolute atomic E-state index is 12.1. The SMILES string of the molecule is CCCC1CCC(NCC)(C(=O)OCC)CC1. The Kier molecular flexibility index (Phi) is 5.96. The van der Waals surface area contributed by atoms with E-state index in [-0.39, 0.29) is 5.97 Å². The van der Waals surface area contributed by atoms with E-state index in [1.165, 1.54) is 12.8 Å². The number of rotatable bonds is 6. The third-order valence-electron chi connectivity index (χ3n) is 3.84. The molecule has 0 aromatic carbocycles. The first-order valence-electron chi connectivity index (χ1n) is 7.10. The summed E-state index contributed by atoms with van der Waals surface area (Å²) >= 11 is 0. The van der Waals surface area contributed by atoms with Gasteiger partial charge in [-0.3, -0.25) is 4.79 Å². The Morgan fingerprint density at radius 3 is 2.41 bits per heavy atom. The first kappa shape index (κ1) is 14.5. The van der Waals surface area contributed by atoms with Crippen molar-refractivity contribution in [3.63, 3.8) is 0 Å². The summed E-state index contributed by atoms with van der Waals surface area (Å²) in [6.07, 6.45) is 6.72. The van der Waals surface area contributed by atoms with Gasteiger partial charge in [0, 0.05) is 0 Å². The van der Waals surface area contributed by atoms with Crippen LogP contribution in [-0.4, -0.2) is 24.7 Å². The molecule has 0 aromatic rings. The Bertz CT molecular complexity index is 232. The van der Waals surface area contributed by atoms with Gasteiger partial charge in [0.1, 0.15) is 5.54 Å². The molecule has 0 bridgehead atoms. The summed E-state index contributed by atoms with van der Waals surface area (Å²) in [5.41, 5.74) is -0.394. The minimum absolute atomic E-state index is 0.0446. The van der Waals surface area contributed by atoms with Crippen LogP contribution in [0, 0.1) is 5.92 Å². The molecule has 0 spiro atoms. The average molecular weight is 241 g/mol. The molecule has 100 valence electrons. The van der Waals surface area contributed by atoms with Crippen LogP contribution >= 0.6 is 0 Å². The van der Waals surface area contributed by atoms with Crippen molar-refractivity contribution in [2.45, 2.75) is 64.8 Å². The predicted molar refractivity (Wildman–Crippen MR) is 69.9 cm³/mol. The molecule has 0 aliphatic heterocycles. The number of ether oxygens (including phenoxy) is 1. The zero-order chi connectivity index (χ0) is 12.7. The lowest BCUT2D eigenvalue weighted by Crippen LogP contribution is -2.55. The van der Waals surface area contributed by atoms with E-state index in [0.717, 1.165) is 38.1 Å². The number of carbonyl (C=O) groups is 1. The molecule has 1 aliphatic carbocycles. The van der Waals surface area contributed by atoms with Gasteiger partial charge in [-0.25, -0.2) is 0 Å². The Morgan fingerprint density at radius 1 is 1.29 bits per heavy atom. The van der Waals surface area contributed by atoms with Crippen LogP contribution < -0.4 is 5.32 Å². The largest absolute Gasteiger partial charge is 0.465 e. The molecule has 0 aromatic heterocycles. The maximum Gasteiger partial charge on any atom is 0.326 e. The Hall–Kier alpha value is -0.570. The van der Waals surface area contributed by atoms with E-state index in [2.05, 4.69) is 19.2 Å². The molecule has 17 heavy (non-hydrogen) atoms. The van der Waals surface area contributed by atoms with Gasteiger partial charge in [0.2, 0.25) is 0 Å². The second-order valence-electron chi connectivity index (χ2n) is 5.06. The van der Waals surface area contributed by atoms with Gasteiger partial charge in [0.05, 0.1) is 6.61 Å². The molecule has 1 saturated carbocycles. The highest BCUT2D eigenvalue weighted by molar-refractivity contribution is 5.81. The second-order valence-corrected chi connectivity index (χ2v) is 5.06. The lowest BCUT2D eigenvalue weighted by Gasteiger charge is -2.38. The lowest BCUT2D eigenvalue weighted by molar-refractivity contribution is -0.153. The van der Waals surface area contributed by atoms with Crippen molar-refractivity contribution < 1.29 is 9.53 Å². The highest BCUT2D eigenvalue weighted by atomic mass is 16.5. The minimum Gasteiger partial charge on any atom is -0.465 e. The van der Waals surface area contributed by atoms with Gasteiger partial charge in [-0.1, -0.05) is 26.7 Å². The maximum atomic E-state index is 12.1. The molecule has 1 aliphatic rings. The van der Waals surface area contributed by atoms with Gasteiger partial charge in [-0.15, -0.1) is 0 Å². The molecule has 1 rings (SSSR count). The van der Waals surface area contributed by atoms with Crippen molar-refractivity contribution >= 4 is 5.97 Å². The number of hydrogen-bond acceptors (Lipinski definition) is 3. The quantitative estimate of drug-likeness (QED) is 0.727. The summed E-state index contributed by atoms with van der Waals surface area (Å²) in [4.78, 5) is 12.1. The van der Waals surface area contributed by atoms with Crippen LogP contribution in [0.5, 0.6) is 0 Å². The van der Waals surface area contributed by atoms with Crippen LogP contribution in [0.4, 0.5) is 0 Å². The van der Waals surface area contributed by atoms with Crippen molar-refractivity contribution in [2.75, 3.05) is 13.2 Å². The minimum atomic E-state index is -0.394. The lowest BCUT2D eigenvalue weighted by atomic mass is 9.75. The number of hydrogen-bond donors (Lipinski definition) is 1. The van der Waals surface area contributed by atoms with Gasteiger partial charge in [0.25, 0.3) is 0 Å². The Balaban J connectivity index is 2.59. The van der Waals surface area contributed by atoms with E-state index in [0.29, 0.717) is 6.61 Å². The third-order valence-corrected chi connectivity index (χ3v) is 3.84. The first-order valence-corrected chi connectivity index (χ1v) is 7.10. The van der Waals surface area contributed by atoms with E-state index in [1.807, 2.05) is 6.92 Å². The summed E-state index contributed by atoms with van der Waals surface area (Å²) in [5.74, 6) is 0.762. The molecule has 0 radical (unpaired) electrons. The van der Waals surface area contributed by atoms with Crippen LogP contribution in [0.25, 0.3) is 0 Å². The molecule has 0 amide bonds. The van der Waals surface area contributed by atoms with E-state index in [4.69, 9.17) is 4.74 Å². The molecule has 0 saturated heterocycles. The molecule has 1 N–H and O–H groups in total. The van der Waals surface area contributed by atoms with Crippen LogP contribution in [0.15, 0.2) is 0 Å². The van der Waals surface area contributed by atoms with Crippen molar-refractivity contribution in [2.24, 2.45) is 5.92 Å². The van der Waals surface area contributed by atoms with E-state index in [9.17, 15) is 4.79 Å². The smallest absolute Gasteiger partial charge is 0.326 e. The molecule has 0 atom stereocenters. The summed E-state index contributed by atoms with van der Waals surface area (Å²) in [7, 11) is 0. The highest BCUT2D eigenvalue weighted by Gasteiger charge is 2.42. The average Bonchev–Trinajstić information content (AvgIpc) is 2.33. The van der Waals surface area contributed by atoms with Crippen LogP contribution in [-0.2, 0) is 9.53 Å². The summed E-state index contributed by atoms with van der Waals surface area (Å²) < 4.78 is 5.23. The van der Waals surface area contributed by atoms with Gasteiger partial charge >= 0.3 is 5.97 Å². The summed E-state index contributed by atoms with van der Waals surface area (Å²) in [6.45, 7) is 7.47. The van der Waals surface area contributed by atoms with Crippen molar-refractivity contribution in [3.05, 3.63) is 0 Å². The Labute approximate surface area is 105 Å². The van der Waals surface area contributed by atoms with Crippen LogP contribution in [0.1, 0.15) is 59.3 Å². The van der Waals surface area contributed by atoms with E-state index >= 15 is 0 Å². The zero-order valence-electron chi connectivity index (χ0n) is 11.6. The van der Waals surface area contributed by atoms with Gasteiger partial charge in [-0.2, -0.15) is 0 Å². The fraction of sp³-hybridized carbons (Fsp3) is 0.929. The normalized spacial score (nSPS) is 29.0. The molecule has 3 nitrogen and oxygen atoms in total. The second kappa shape index (κ2) is 7.00. The fourth-order valence-electron chi connectivity index (χ4n) is 2.93. The van der Waals surface area contributed by atoms with Crippen molar-refractivity contribution in [1.82, 2.24) is 5.32 Å². The number of nitrogens with one attached hydrogen (secondary N) is 1. The van der Waals surface area contributed by atoms with Crippen LogP contribution in [0.2, 0.25) is 0 Å². The Morgan fingerprint density at radius 2 is 1.94 bits per heavy atom. The molecule has 3 heteroatoms. The standard InChI is InChI=1S/C14H27NO2/c1-4-7-12-8-10-14(11-9-12,15-5-2)13(16)17-6-3/h12,15H,4-11H2,1-3H3. The van der Waals surface area contributed by atoms with E-state index < -0.39 is 5.54 Å². The highest BCUT2D eigenvalue weighted by Crippen LogP contribution is 2.35. The van der Waals surface area contributed by atoms with Crippen molar-refractivity contribution in [3.8, 4) is 0 Å². The molecule has 1 fully saturated rings. The molecule has 0 heterocycles. The van der Waals surface area contributed by atoms with Gasteiger partial charge < -0.3 is 10.1 Å². The van der Waals surface area contributed by atoms with Gasteiger partial charge in [0.15, 0.2) is 0 Å². The topological polar surface area (TPSA) is 38.3 Å². The predicted octanol–water partition coefficient (Wildman–Crippen LogP) is 2.89. The number of carbonyl (C=O) groups excluding carboxylic acids is 1. The molecule has 0 unspecified atom stereocenters.